The smallest absolute Gasteiger partial charge is 0.254 e. The molecule has 0 saturated heterocycles. The molecular weight excluding hydrogens is 340 g/mol. The average molecular weight is 359 g/mol. The summed E-state index contributed by atoms with van der Waals surface area (Å²) in [7, 11) is 0. The molecule has 0 spiro atoms. The number of nitrogens with zero attached hydrogens (tertiary/aromatic N) is 2. The Bertz CT molecular complexity index is 845. The van der Waals surface area contributed by atoms with Crippen LogP contribution in [0.3, 0.4) is 0 Å². The van der Waals surface area contributed by atoms with Gasteiger partial charge in [0.1, 0.15) is 0 Å². The fourth-order valence-electron chi connectivity index (χ4n) is 2.68. The van der Waals surface area contributed by atoms with Crippen LogP contribution in [0.1, 0.15) is 29.8 Å². The first-order valence-corrected chi connectivity index (χ1v) is 9.11. The van der Waals surface area contributed by atoms with Crippen molar-refractivity contribution in [2.24, 2.45) is 5.92 Å². The molecule has 3 rings (SSSR count). The Morgan fingerprint density at radius 1 is 1.21 bits per heavy atom. The molecule has 2 aromatic carbocycles. The summed E-state index contributed by atoms with van der Waals surface area (Å²) >= 11 is 7.39. The number of hydrogen-bond acceptors (Lipinski definition) is 3. The van der Waals surface area contributed by atoms with Gasteiger partial charge in [0.25, 0.3) is 5.91 Å². The minimum atomic E-state index is 0.0265. The lowest BCUT2D eigenvalue weighted by molar-refractivity contribution is 0.0723. The largest absolute Gasteiger partial charge is 0.334 e. The Kier molecular flexibility index (Phi) is 5.17. The highest BCUT2D eigenvalue weighted by Crippen LogP contribution is 2.27. The lowest BCUT2D eigenvalue weighted by atomic mass is 10.1. The second kappa shape index (κ2) is 7.32. The maximum atomic E-state index is 13.0. The lowest BCUT2D eigenvalue weighted by Gasteiger charge is -2.25. The minimum absolute atomic E-state index is 0.0265. The molecule has 0 atom stereocenters. The van der Waals surface area contributed by atoms with Crippen molar-refractivity contribution in [3.05, 3.63) is 64.1 Å². The van der Waals surface area contributed by atoms with Crippen molar-refractivity contribution < 1.29 is 4.79 Å². The van der Waals surface area contributed by atoms with Gasteiger partial charge in [0.05, 0.1) is 10.2 Å². The van der Waals surface area contributed by atoms with E-state index in [1.54, 1.807) is 0 Å². The first kappa shape index (κ1) is 16.9. The number of halogens is 1. The van der Waals surface area contributed by atoms with Gasteiger partial charge in [0, 0.05) is 18.7 Å². The summed E-state index contributed by atoms with van der Waals surface area (Å²) in [5.41, 5.74) is 2.56. The Morgan fingerprint density at radius 2 is 1.96 bits per heavy atom. The Morgan fingerprint density at radius 3 is 2.67 bits per heavy atom. The van der Waals surface area contributed by atoms with Gasteiger partial charge in [-0.3, -0.25) is 4.79 Å². The van der Waals surface area contributed by atoms with Crippen molar-refractivity contribution in [1.29, 1.82) is 0 Å². The Labute approximate surface area is 150 Å². The fourth-order valence-corrected chi connectivity index (χ4v) is 3.69. The van der Waals surface area contributed by atoms with Gasteiger partial charge in [-0.25, -0.2) is 4.98 Å². The molecule has 124 valence electrons. The van der Waals surface area contributed by atoms with Crippen LogP contribution in [0, 0.1) is 5.92 Å². The van der Waals surface area contributed by atoms with Crippen LogP contribution in [0.4, 0.5) is 0 Å². The van der Waals surface area contributed by atoms with Crippen LogP contribution in [0.2, 0.25) is 4.47 Å². The molecular formula is C19H19ClN2OS. The molecule has 0 aliphatic heterocycles. The van der Waals surface area contributed by atoms with Gasteiger partial charge in [-0.05, 0) is 29.7 Å². The molecule has 0 bridgehead atoms. The van der Waals surface area contributed by atoms with Gasteiger partial charge in [-0.1, -0.05) is 55.8 Å². The molecule has 3 aromatic rings. The van der Waals surface area contributed by atoms with E-state index in [1.165, 1.54) is 11.3 Å². The fraction of sp³-hybridized carbons (Fsp3) is 0.263. The van der Waals surface area contributed by atoms with Gasteiger partial charge in [-0.15, -0.1) is 11.3 Å². The highest BCUT2D eigenvalue weighted by Gasteiger charge is 2.18. The predicted molar refractivity (Wildman–Crippen MR) is 101 cm³/mol. The van der Waals surface area contributed by atoms with E-state index in [2.05, 4.69) is 18.8 Å². The summed E-state index contributed by atoms with van der Waals surface area (Å²) in [5.74, 6) is 0.425. The highest BCUT2D eigenvalue weighted by molar-refractivity contribution is 7.22. The van der Waals surface area contributed by atoms with E-state index in [0.717, 1.165) is 15.8 Å². The molecule has 0 saturated carbocycles. The normalized spacial score (nSPS) is 11.2. The standard InChI is InChI=1S/C19H19ClN2OS/c1-13(2)11-22(12-14-6-4-3-5-7-14)18(23)15-8-9-17-16(10-15)21-19(20)24-17/h3-10,13H,11-12H2,1-2H3. The van der Waals surface area contributed by atoms with Crippen molar-refractivity contribution in [1.82, 2.24) is 9.88 Å². The topological polar surface area (TPSA) is 33.2 Å². The maximum Gasteiger partial charge on any atom is 0.254 e. The van der Waals surface area contributed by atoms with Crippen molar-refractivity contribution >= 4 is 39.1 Å². The average Bonchev–Trinajstić information content (AvgIpc) is 2.93. The molecule has 0 aliphatic rings. The van der Waals surface area contributed by atoms with E-state index in [0.29, 0.717) is 29.0 Å². The van der Waals surface area contributed by atoms with Crippen LogP contribution in [0.5, 0.6) is 0 Å². The van der Waals surface area contributed by atoms with Gasteiger partial charge in [-0.2, -0.15) is 0 Å². The molecule has 24 heavy (non-hydrogen) atoms. The number of carbonyl (C=O) groups is 1. The number of benzene rings is 2. The molecule has 5 heteroatoms. The minimum Gasteiger partial charge on any atom is -0.334 e. The van der Waals surface area contributed by atoms with Crippen molar-refractivity contribution in [2.75, 3.05) is 6.54 Å². The number of aromatic nitrogens is 1. The number of rotatable bonds is 5. The molecule has 0 unspecified atom stereocenters. The van der Waals surface area contributed by atoms with E-state index in [4.69, 9.17) is 11.6 Å². The van der Waals surface area contributed by atoms with Crippen molar-refractivity contribution in [2.45, 2.75) is 20.4 Å². The van der Waals surface area contributed by atoms with Crippen LogP contribution in [-0.2, 0) is 6.54 Å². The number of amides is 1. The highest BCUT2D eigenvalue weighted by atomic mass is 35.5. The van der Waals surface area contributed by atoms with Crippen LogP contribution in [0.15, 0.2) is 48.5 Å². The Hall–Kier alpha value is -1.91. The second-order valence-electron chi connectivity index (χ2n) is 6.21. The third-order valence-corrected chi connectivity index (χ3v) is 4.84. The predicted octanol–water partition coefficient (Wildman–Crippen LogP) is 5.25. The van der Waals surface area contributed by atoms with Gasteiger partial charge < -0.3 is 4.90 Å². The van der Waals surface area contributed by atoms with Gasteiger partial charge >= 0.3 is 0 Å². The molecule has 1 amide bonds. The lowest BCUT2D eigenvalue weighted by Crippen LogP contribution is -2.33. The number of hydrogen-bond donors (Lipinski definition) is 0. The van der Waals surface area contributed by atoms with Crippen LogP contribution < -0.4 is 0 Å². The number of thiazole rings is 1. The molecule has 1 heterocycles. The molecule has 0 radical (unpaired) electrons. The van der Waals surface area contributed by atoms with Gasteiger partial charge in [0.2, 0.25) is 0 Å². The number of fused-ring (bicyclic) bond motifs is 1. The summed E-state index contributed by atoms with van der Waals surface area (Å²) in [5, 5.41) is 0. The zero-order chi connectivity index (χ0) is 17.1. The van der Waals surface area contributed by atoms with Gasteiger partial charge in [0.15, 0.2) is 4.47 Å². The Balaban J connectivity index is 1.88. The van der Waals surface area contributed by atoms with Crippen molar-refractivity contribution in [3.63, 3.8) is 0 Å². The second-order valence-corrected chi connectivity index (χ2v) is 7.83. The van der Waals surface area contributed by atoms with E-state index >= 15 is 0 Å². The van der Waals surface area contributed by atoms with Crippen LogP contribution in [-0.4, -0.2) is 22.3 Å². The third-order valence-electron chi connectivity index (χ3n) is 3.70. The van der Waals surface area contributed by atoms with Crippen LogP contribution in [0.25, 0.3) is 10.2 Å². The molecule has 0 fully saturated rings. The third kappa shape index (κ3) is 3.94. The summed E-state index contributed by atoms with van der Waals surface area (Å²) in [6, 6.07) is 15.7. The zero-order valence-electron chi connectivity index (χ0n) is 13.7. The van der Waals surface area contributed by atoms with E-state index in [9.17, 15) is 4.79 Å². The van der Waals surface area contributed by atoms with E-state index in [-0.39, 0.29) is 5.91 Å². The molecule has 0 aliphatic carbocycles. The molecule has 0 N–H and O–H groups in total. The number of carbonyl (C=O) groups excluding carboxylic acids is 1. The SMILES string of the molecule is CC(C)CN(Cc1ccccc1)C(=O)c1ccc2sc(Cl)nc2c1. The van der Waals surface area contributed by atoms with E-state index < -0.39 is 0 Å². The summed E-state index contributed by atoms with van der Waals surface area (Å²) in [6.45, 7) is 5.56. The summed E-state index contributed by atoms with van der Waals surface area (Å²) in [6.07, 6.45) is 0. The first-order chi connectivity index (χ1) is 11.5. The van der Waals surface area contributed by atoms with Crippen LogP contribution >= 0.6 is 22.9 Å². The first-order valence-electron chi connectivity index (χ1n) is 7.92. The maximum absolute atomic E-state index is 13.0. The quantitative estimate of drug-likeness (QED) is 0.624. The van der Waals surface area contributed by atoms with E-state index in [1.807, 2.05) is 53.4 Å². The molecule has 3 nitrogen and oxygen atoms in total. The molecule has 1 aromatic heterocycles. The summed E-state index contributed by atoms with van der Waals surface area (Å²) in [4.78, 5) is 19.2. The zero-order valence-corrected chi connectivity index (χ0v) is 15.3. The summed E-state index contributed by atoms with van der Waals surface area (Å²) < 4.78 is 1.49. The van der Waals surface area contributed by atoms with Crippen molar-refractivity contribution in [3.8, 4) is 0 Å². The monoisotopic (exact) mass is 358 g/mol.